The number of rotatable bonds is 2. The number of nitrogens with zero attached hydrogens (tertiary/aromatic N) is 2. The molecule has 1 aromatic rings. The van der Waals surface area contributed by atoms with Gasteiger partial charge in [0.15, 0.2) is 0 Å². The number of allylic oxidation sites excluding steroid dienone is 1. The van der Waals surface area contributed by atoms with Crippen LogP contribution in [0.5, 0.6) is 0 Å². The predicted octanol–water partition coefficient (Wildman–Crippen LogP) is 1.06. The van der Waals surface area contributed by atoms with E-state index >= 15 is 0 Å². The SMILES string of the molecule is C/C(=C/N)N(N)c1ccc(C#N)cc1. The molecule has 0 amide bonds. The molecule has 0 radical (unpaired) electrons. The normalized spacial score (nSPS) is 10.8. The van der Waals surface area contributed by atoms with Gasteiger partial charge < -0.3 is 5.73 Å². The van der Waals surface area contributed by atoms with Gasteiger partial charge in [0.05, 0.1) is 17.3 Å². The van der Waals surface area contributed by atoms with E-state index in [0.717, 1.165) is 11.4 Å². The Morgan fingerprint density at radius 1 is 1.43 bits per heavy atom. The van der Waals surface area contributed by atoms with Gasteiger partial charge in [-0.05, 0) is 31.2 Å². The molecule has 0 aliphatic carbocycles. The molecule has 0 fully saturated rings. The van der Waals surface area contributed by atoms with Crippen molar-refractivity contribution in [1.29, 1.82) is 5.26 Å². The van der Waals surface area contributed by atoms with Gasteiger partial charge in [-0.2, -0.15) is 5.26 Å². The minimum atomic E-state index is 0.608. The fourth-order valence-corrected chi connectivity index (χ4v) is 0.981. The van der Waals surface area contributed by atoms with Crippen molar-refractivity contribution in [3.63, 3.8) is 0 Å². The summed E-state index contributed by atoms with van der Waals surface area (Å²) in [5, 5.41) is 10.1. The molecule has 0 saturated heterocycles. The summed E-state index contributed by atoms with van der Waals surface area (Å²) in [6.45, 7) is 1.80. The van der Waals surface area contributed by atoms with Gasteiger partial charge >= 0.3 is 0 Å². The third kappa shape index (κ3) is 2.03. The molecule has 0 atom stereocenters. The number of anilines is 1. The Bertz CT molecular complexity index is 372. The summed E-state index contributed by atoms with van der Waals surface area (Å²) >= 11 is 0. The van der Waals surface area contributed by atoms with Crippen LogP contribution < -0.4 is 16.6 Å². The van der Waals surface area contributed by atoms with Crippen molar-refractivity contribution in [3.05, 3.63) is 41.7 Å². The topological polar surface area (TPSA) is 79.1 Å². The molecule has 1 aromatic carbocycles. The minimum absolute atomic E-state index is 0.608. The van der Waals surface area contributed by atoms with Crippen molar-refractivity contribution in [3.8, 4) is 6.07 Å². The molecule has 14 heavy (non-hydrogen) atoms. The molecule has 4 heteroatoms. The van der Waals surface area contributed by atoms with E-state index in [4.69, 9.17) is 16.8 Å². The fraction of sp³-hybridized carbons (Fsp3) is 0.100. The van der Waals surface area contributed by atoms with E-state index in [-0.39, 0.29) is 0 Å². The highest BCUT2D eigenvalue weighted by molar-refractivity contribution is 5.52. The van der Waals surface area contributed by atoms with Crippen molar-refractivity contribution in [2.24, 2.45) is 11.6 Å². The van der Waals surface area contributed by atoms with Crippen molar-refractivity contribution in [2.45, 2.75) is 6.92 Å². The van der Waals surface area contributed by atoms with Crippen LogP contribution in [0.3, 0.4) is 0 Å². The van der Waals surface area contributed by atoms with Crippen molar-refractivity contribution in [1.82, 2.24) is 0 Å². The van der Waals surface area contributed by atoms with Crippen LogP contribution >= 0.6 is 0 Å². The Balaban J connectivity index is 2.93. The average Bonchev–Trinajstić information content (AvgIpc) is 2.27. The standard InChI is InChI=1S/C10H12N4/c1-8(6-11)14(13)10-4-2-9(7-12)3-5-10/h2-6H,11,13H2,1H3/b8-6-. The lowest BCUT2D eigenvalue weighted by Gasteiger charge is -2.18. The van der Waals surface area contributed by atoms with Crippen molar-refractivity contribution < 1.29 is 0 Å². The maximum absolute atomic E-state index is 8.60. The molecule has 72 valence electrons. The number of nitrogens with two attached hydrogens (primary N) is 2. The third-order valence-corrected chi connectivity index (χ3v) is 1.90. The zero-order valence-electron chi connectivity index (χ0n) is 7.94. The molecule has 0 bridgehead atoms. The summed E-state index contributed by atoms with van der Waals surface area (Å²) in [4.78, 5) is 0. The van der Waals surface area contributed by atoms with Crippen LogP contribution in [0.25, 0.3) is 0 Å². The van der Waals surface area contributed by atoms with Crippen molar-refractivity contribution >= 4 is 5.69 Å². The first-order chi connectivity index (χ1) is 6.69. The molecule has 0 saturated carbocycles. The summed E-state index contributed by atoms with van der Waals surface area (Å²) in [5.41, 5.74) is 7.48. The van der Waals surface area contributed by atoms with Gasteiger partial charge in [0, 0.05) is 11.9 Å². The van der Waals surface area contributed by atoms with Crippen LogP contribution in [-0.2, 0) is 0 Å². The molecule has 4 nitrogen and oxygen atoms in total. The zero-order valence-corrected chi connectivity index (χ0v) is 7.94. The summed E-state index contributed by atoms with van der Waals surface area (Å²) < 4.78 is 0. The Hall–Kier alpha value is -1.99. The summed E-state index contributed by atoms with van der Waals surface area (Å²) in [6.07, 6.45) is 1.43. The first kappa shape index (κ1) is 10.1. The molecule has 0 unspecified atom stereocenters. The largest absolute Gasteiger partial charge is 0.403 e. The second-order valence-corrected chi connectivity index (χ2v) is 2.84. The van der Waals surface area contributed by atoms with Gasteiger partial charge in [0.1, 0.15) is 0 Å². The van der Waals surface area contributed by atoms with E-state index in [1.807, 2.05) is 6.07 Å². The quantitative estimate of drug-likeness (QED) is 0.537. The molecule has 0 aliphatic heterocycles. The van der Waals surface area contributed by atoms with Gasteiger partial charge in [-0.1, -0.05) is 0 Å². The first-order valence-corrected chi connectivity index (χ1v) is 4.12. The molecule has 0 spiro atoms. The monoisotopic (exact) mass is 188 g/mol. The lowest BCUT2D eigenvalue weighted by Crippen LogP contribution is -2.29. The van der Waals surface area contributed by atoms with E-state index in [1.165, 1.54) is 11.2 Å². The second kappa shape index (κ2) is 4.30. The van der Waals surface area contributed by atoms with Crippen molar-refractivity contribution in [2.75, 3.05) is 5.01 Å². The third-order valence-electron chi connectivity index (χ3n) is 1.90. The van der Waals surface area contributed by atoms with Crippen LogP contribution in [0, 0.1) is 11.3 Å². The summed E-state index contributed by atoms with van der Waals surface area (Å²) in [7, 11) is 0. The number of nitriles is 1. The maximum Gasteiger partial charge on any atom is 0.0991 e. The van der Waals surface area contributed by atoms with Gasteiger partial charge in [0.2, 0.25) is 0 Å². The van der Waals surface area contributed by atoms with E-state index in [0.29, 0.717) is 5.56 Å². The number of hydrogen-bond acceptors (Lipinski definition) is 4. The molecular weight excluding hydrogens is 176 g/mol. The lowest BCUT2D eigenvalue weighted by molar-refractivity contribution is 0.988. The van der Waals surface area contributed by atoms with Gasteiger partial charge in [-0.25, -0.2) is 5.84 Å². The van der Waals surface area contributed by atoms with E-state index in [2.05, 4.69) is 0 Å². The molecule has 0 aromatic heterocycles. The fourth-order valence-electron chi connectivity index (χ4n) is 0.981. The van der Waals surface area contributed by atoms with Crippen LogP contribution in [-0.4, -0.2) is 0 Å². The lowest BCUT2D eigenvalue weighted by atomic mass is 10.2. The van der Waals surface area contributed by atoms with Crippen LogP contribution in [0.4, 0.5) is 5.69 Å². The number of hydrogen-bond donors (Lipinski definition) is 2. The first-order valence-electron chi connectivity index (χ1n) is 4.12. The minimum Gasteiger partial charge on any atom is -0.403 e. The Morgan fingerprint density at radius 3 is 2.43 bits per heavy atom. The average molecular weight is 188 g/mol. The maximum atomic E-state index is 8.60. The zero-order chi connectivity index (χ0) is 10.6. The van der Waals surface area contributed by atoms with Crippen LogP contribution in [0.1, 0.15) is 12.5 Å². The molecular formula is C10H12N4. The molecule has 1 rings (SSSR count). The molecule has 4 N–H and O–H groups in total. The Morgan fingerprint density at radius 2 is 2.00 bits per heavy atom. The summed E-state index contributed by atoms with van der Waals surface area (Å²) in [5.74, 6) is 5.74. The van der Waals surface area contributed by atoms with E-state index in [9.17, 15) is 0 Å². The Labute approximate surface area is 83.0 Å². The van der Waals surface area contributed by atoms with Crippen LogP contribution in [0.2, 0.25) is 0 Å². The Kier molecular flexibility index (Phi) is 3.10. The summed E-state index contributed by atoms with van der Waals surface area (Å²) in [6, 6.07) is 8.99. The van der Waals surface area contributed by atoms with Gasteiger partial charge in [-0.15, -0.1) is 0 Å². The number of benzene rings is 1. The van der Waals surface area contributed by atoms with Gasteiger partial charge in [0.25, 0.3) is 0 Å². The highest BCUT2D eigenvalue weighted by Gasteiger charge is 2.02. The highest BCUT2D eigenvalue weighted by atomic mass is 15.4. The van der Waals surface area contributed by atoms with Crippen LogP contribution in [0.15, 0.2) is 36.2 Å². The highest BCUT2D eigenvalue weighted by Crippen LogP contribution is 2.15. The number of hydrazine groups is 1. The molecule has 0 heterocycles. The smallest absolute Gasteiger partial charge is 0.0991 e. The van der Waals surface area contributed by atoms with Gasteiger partial charge in [-0.3, -0.25) is 5.01 Å². The molecule has 0 aliphatic rings. The predicted molar refractivity (Wildman–Crippen MR) is 55.8 cm³/mol. The van der Waals surface area contributed by atoms with E-state index < -0.39 is 0 Å². The second-order valence-electron chi connectivity index (χ2n) is 2.84. The van der Waals surface area contributed by atoms with E-state index in [1.54, 1.807) is 31.2 Å².